The summed E-state index contributed by atoms with van der Waals surface area (Å²) in [7, 11) is 0. The molecule has 94 valence electrons. The number of hydrogen-bond acceptors (Lipinski definition) is 4. The second kappa shape index (κ2) is 4.52. The number of aromatic amines is 1. The molecule has 0 amide bonds. The third kappa shape index (κ3) is 2.51. The van der Waals surface area contributed by atoms with Crippen molar-refractivity contribution in [2.45, 2.75) is 20.8 Å². The quantitative estimate of drug-likeness (QED) is 0.793. The fourth-order valence-electron chi connectivity index (χ4n) is 1.68. The summed E-state index contributed by atoms with van der Waals surface area (Å²) in [6.45, 7) is 5.55. The summed E-state index contributed by atoms with van der Waals surface area (Å²) in [6.07, 6.45) is 0. The molecule has 0 radical (unpaired) electrons. The standard InChI is InChI=1S/C13H15N3O2/c1-7-4-8(2)11(5-10(7)14)18-13-6-12(17)15-9(3)16-13/h4-6H,14H2,1-3H3,(H,15,16,17). The van der Waals surface area contributed by atoms with Crippen LogP contribution in [0.3, 0.4) is 0 Å². The van der Waals surface area contributed by atoms with Crippen LogP contribution in [-0.4, -0.2) is 9.97 Å². The van der Waals surface area contributed by atoms with Gasteiger partial charge >= 0.3 is 0 Å². The van der Waals surface area contributed by atoms with Crippen LogP contribution >= 0.6 is 0 Å². The Morgan fingerprint density at radius 2 is 1.89 bits per heavy atom. The third-order valence-electron chi connectivity index (χ3n) is 2.61. The number of hydrogen-bond donors (Lipinski definition) is 2. The first-order valence-corrected chi connectivity index (χ1v) is 5.58. The first-order valence-electron chi connectivity index (χ1n) is 5.58. The average molecular weight is 245 g/mol. The maximum atomic E-state index is 11.3. The fraction of sp³-hybridized carbons (Fsp3) is 0.231. The molecule has 3 N–H and O–H groups in total. The van der Waals surface area contributed by atoms with Crippen molar-refractivity contribution >= 4 is 5.69 Å². The van der Waals surface area contributed by atoms with Crippen molar-refractivity contribution in [3.8, 4) is 11.6 Å². The van der Waals surface area contributed by atoms with Gasteiger partial charge in [-0.05, 0) is 31.9 Å². The van der Waals surface area contributed by atoms with E-state index in [0.717, 1.165) is 11.1 Å². The van der Waals surface area contributed by atoms with Crippen molar-refractivity contribution in [2.75, 3.05) is 5.73 Å². The van der Waals surface area contributed by atoms with Crippen molar-refractivity contribution in [1.29, 1.82) is 0 Å². The molecule has 1 aromatic heterocycles. The van der Waals surface area contributed by atoms with E-state index in [-0.39, 0.29) is 11.4 Å². The van der Waals surface area contributed by atoms with E-state index < -0.39 is 0 Å². The summed E-state index contributed by atoms with van der Waals surface area (Å²) < 4.78 is 5.60. The molecule has 0 atom stereocenters. The maximum Gasteiger partial charge on any atom is 0.254 e. The number of nitrogens with two attached hydrogens (primary N) is 1. The van der Waals surface area contributed by atoms with Crippen molar-refractivity contribution < 1.29 is 4.74 Å². The zero-order chi connectivity index (χ0) is 13.3. The molecule has 1 heterocycles. The number of rotatable bonds is 2. The van der Waals surface area contributed by atoms with Gasteiger partial charge in [0.1, 0.15) is 11.6 Å². The summed E-state index contributed by atoms with van der Waals surface area (Å²) in [5.41, 5.74) is 8.19. The van der Waals surface area contributed by atoms with Crippen molar-refractivity contribution in [1.82, 2.24) is 9.97 Å². The number of aromatic nitrogens is 2. The van der Waals surface area contributed by atoms with Gasteiger partial charge in [-0.2, -0.15) is 0 Å². The lowest BCUT2D eigenvalue weighted by molar-refractivity contribution is 0.455. The van der Waals surface area contributed by atoms with Gasteiger partial charge in [-0.3, -0.25) is 4.79 Å². The SMILES string of the molecule is Cc1nc(Oc2cc(N)c(C)cc2C)cc(=O)[nH]1. The van der Waals surface area contributed by atoms with Gasteiger partial charge in [0.15, 0.2) is 0 Å². The molecular weight excluding hydrogens is 230 g/mol. The minimum atomic E-state index is -0.241. The smallest absolute Gasteiger partial charge is 0.254 e. The number of nitrogen functional groups attached to an aromatic ring is 1. The van der Waals surface area contributed by atoms with Crippen LogP contribution in [0.5, 0.6) is 11.6 Å². The second-order valence-electron chi connectivity index (χ2n) is 4.25. The first-order chi connectivity index (χ1) is 8.45. The van der Waals surface area contributed by atoms with Crippen molar-refractivity contribution in [2.24, 2.45) is 0 Å². The Morgan fingerprint density at radius 1 is 1.17 bits per heavy atom. The summed E-state index contributed by atoms with van der Waals surface area (Å²) >= 11 is 0. The molecule has 0 aliphatic heterocycles. The third-order valence-corrected chi connectivity index (χ3v) is 2.61. The number of ether oxygens (including phenoxy) is 1. The van der Waals surface area contributed by atoms with Crippen molar-refractivity contribution in [3.63, 3.8) is 0 Å². The second-order valence-corrected chi connectivity index (χ2v) is 4.25. The Labute approximate surface area is 105 Å². The average Bonchev–Trinajstić information content (AvgIpc) is 2.24. The molecule has 2 aromatic rings. The Hall–Kier alpha value is -2.30. The zero-order valence-corrected chi connectivity index (χ0v) is 10.6. The van der Waals surface area contributed by atoms with Gasteiger partial charge in [-0.25, -0.2) is 4.98 Å². The van der Waals surface area contributed by atoms with Crippen LogP contribution < -0.4 is 16.0 Å². The number of nitrogens with zero attached hydrogens (tertiary/aromatic N) is 1. The number of aryl methyl sites for hydroxylation is 3. The van der Waals surface area contributed by atoms with Crippen LogP contribution in [-0.2, 0) is 0 Å². The van der Waals surface area contributed by atoms with E-state index in [1.165, 1.54) is 6.07 Å². The first kappa shape index (κ1) is 12.2. The van der Waals surface area contributed by atoms with Gasteiger partial charge in [0, 0.05) is 11.8 Å². The van der Waals surface area contributed by atoms with Gasteiger partial charge in [0.2, 0.25) is 5.88 Å². The molecule has 5 heteroatoms. The number of benzene rings is 1. The van der Waals surface area contributed by atoms with E-state index in [1.54, 1.807) is 13.0 Å². The number of H-pyrrole nitrogens is 1. The predicted molar refractivity (Wildman–Crippen MR) is 70.0 cm³/mol. The molecule has 0 fully saturated rings. The lowest BCUT2D eigenvalue weighted by Crippen LogP contribution is -2.08. The Bertz CT molecular complexity index is 647. The molecular formula is C13H15N3O2. The Balaban J connectivity index is 2.39. The van der Waals surface area contributed by atoms with E-state index in [0.29, 0.717) is 17.3 Å². The molecule has 0 aliphatic rings. The van der Waals surface area contributed by atoms with E-state index in [2.05, 4.69) is 9.97 Å². The molecule has 0 saturated carbocycles. The van der Waals surface area contributed by atoms with Gasteiger partial charge in [-0.15, -0.1) is 0 Å². The molecule has 0 unspecified atom stereocenters. The lowest BCUT2D eigenvalue weighted by atomic mass is 10.1. The zero-order valence-electron chi connectivity index (χ0n) is 10.6. The molecule has 18 heavy (non-hydrogen) atoms. The molecule has 0 bridgehead atoms. The molecule has 1 aromatic carbocycles. The van der Waals surface area contributed by atoms with E-state index in [1.807, 2.05) is 19.9 Å². The Morgan fingerprint density at radius 3 is 2.56 bits per heavy atom. The van der Waals surface area contributed by atoms with Crippen LogP contribution in [0, 0.1) is 20.8 Å². The number of nitrogens with one attached hydrogen (secondary N) is 1. The van der Waals surface area contributed by atoms with E-state index in [4.69, 9.17) is 10.5 Å². The largest absolute Gasteiger partial charge is 0.438 e. The highest BCUT2D eigenvalue weighted by Gasteiger charge is 2.06. The molecule has 0 aliphatic carbocycles. The molecule has 2 rings (SSSR count). The maximum absolute atomic E-state index is 11.3. The molecule has 5 nitrogen and oxygen atoms in total. The lowest BCUT2D eigenvalue weighted by Gasteiger charge is -2.10. The topological polar surface area (TPSA) is 81.0 Å². The molecule has 0 spiro atoms. The summed E-state index contributed by atoms with van der Waals surface area (Å²) in [5.74, 6) is 1.38. The summed E-state index contributed by atoms with van der Waals surface area (Å²) in [4.78, 5) is 18.0. The van der Waals surface area contributed by atoms with Gasteiger partial charge < -0.3 is 15.5 Å². The van der Waals surface area contributed by atoms with Crippen molar-refractivity contribution in [3.05, 3.63) is 45.5 Å². The summed E-state index contributed by atoms with van der Waals surface area (Å²) in [6, 6.07) is 4.98. The number of anilines is 1. The van der Waals surface area contributed by atoms with E-state index >= 15 is 0 Å². The Kier molecular flexibility index (Phi) is 3.06. The predicted octanol–water partition coefficient (Wildman–Crippen LogP) is 2.07. The van der Waals surface area contributed by atoms with Gasteiger partial charge in [-0.1, -0.05) is 6.07 Å². The molecule has 0 saturated heterocycles. The van der Waals surface area contributed by atoms with Crippen LogP contribution in [0.1, 0.15) is 17.0 Å². The van der Waals surface area contributed by atoms with Crippen LogP contribution in [0.25, 0.3) is 0 Å². The highest BCUT2D eigenvalue weighted by atomic mass is 16.5. The summed E-state index contributed by atoms with van der Waals surface area (Å²) in [5, 5.41) is 0. The fourth-order valence-corrected chi connectivity index (χ4v) is 1.68. The minimum Gasteiger partial charge on any atom is -0.438 e. The van der Waals surface area contributed by atoms with Gasteiger partial charge in [0.05, 0.1) is 6.07 Å². The van der Waals surface area contributed by atoms with Crippen LogP contribution in [0.15, 0.2) is 23.0 Å². The van der Waals surface area contributed by atoms with E-state index in [9.17, 15) is 4.79 Å². The monoisotopic (exact) mass is 245 g/mol. The van der Waals surface area contributed by atoms with Gasteiger partial charge in [0.25, 0.3) is 5.56 Å². The highest BCUT2D eigenvalue weighted by molar-refractivity contribution is 5.54. The van der Waals surface area contributed by atoms with Crippen LogP contribution in [0.2, 0.25) is 0 Å². The highest BCUT2D eigenvalue weighted by Crippen LogP contribution is 2.27. The minimum absolute atomic E-state index is 0.241. The normalized spacial score (nSPS) is 10.4. The van der Waals surface area contributed by atoms with Crippen LogP contribution in [0.4, 0.5) is 5.69 Å².